The number of aryl methyl sites for hydroxylation is 1. The minimum absolute atomic E-state index is 0.128. The first-order chi connectivity index (χ1) is 9.58. The van der Waals surface area contributed by atoms with Gasteiger partial charge in [0.2, 0.25) is 5.95 Å². The van der Waals surface area contributed by atoms with E-state index in [-0.39, 0.29) is 12.0 Å². The fourth-order valence-corrected chi connectivity index (χ4v) is 3.41. The zero-order chi connectivity index (χ0) is 14.2. The third-order valence-corrected chi connectivity index (χ3v) is 4.65. The molecule has 2 saturated heterocycles. The second-order valence-corrected chi connectivity index (χ2v) is 6.19. The lowest BCUT2D eigenvalue weighted by molar-refractivity contribution is -0.108. The SMILES string of the molecule is Cc1ccnc(N2CCC[C@@H]2[C@H]2COCC[C@@]2(C)O)n1. The molecule has 3 atom stereocenters. The summed E-state index contributed by atoms with van der Waals surface area (Å²) < 4.78 is 5.61. The highest BCUT2D eigenvalue weighted by Crippen LogP contribution is 2.37. The monoisotopic (exact) mass is 277 g/mol. The standard InChI is InChI=1S/C15H23N3O2/c1-11-5-7-16-14(17-11)18-8-3-4-13(18)12-10-20-9-6-15(12,2)19/h5,7,12-13,19H,3-4,6,8-10H2,1-2H3/t12-,13-,15-/m1/s1. The largest absolute Gasteiger partial charge is 0.390 e. The van der Waals surface area contributed by atoms with Crippen LogP contribution in [0.25, 0.3) is 0 Å². The molecular formula is C15H23N3O2. The third-order valence-electron chi connectivity index (χ3n) is 4.65. The lowest BCUT2D eigenvalue weighted by Gasteiger charge is -2.43. The number of ether oxygens (including phenoxy) is 1. The molecule has 0 aliphatic carbocycles. The Morgan fingerprint density at radius 3 is 3.10 bits per heavy atom. The van der Waals surface area contributed by atoms with E-state index in [0.717, 1.165) is 31.0 Å². The van der Waals surface area contributed by atoms with E-state index in [0.29, 0.717) is 19.6 Å². The smallest absolute Gasteiger partial charge is 0.225 e. The highest BCUT2D eigenvalue weighted by Gasteiger charge is 2.44. The average Bonchev–Trinajstić information content (AvgIpc) is 2.87. The Morgan fingerprint density at radius 1 is 1.50 bits per heavy atom. The zero-order valence-corrected chi connectivity index (χ0v) is 12.2. The minimum atomic E-state index is -0.657. The molecule has 1 aromatic heterocycles. The maximum atomic E-state index is 10.7. The van der Waals surface area contributed by atoms with Crippen LogP contribution in [0.3, 0.4) is 0 Å². The quantitative estimate of drug-likeness (QED) is 0.888. The van der Waals surface area contributed by atoms with Gasteiger partial charge in [0, 0.05) is 37.0 Å². The molecule has 2 aliphatic rings. The van der Waals surface area contributed by atoms with E-state index in [1.165, 1.54) is 0 Å². The Kier molecular flexibility index (Phi) is 3.65. The number of anilines is 1. The highest BCUT2D eigenvalue weighted by atomic mass is 16.5. The summed E-state index contributed by atoms with van der Waals surface area (Å²) in [5.41, 5.74) is 0.322. The van der Waals surface area contributed by atoms with Gasteiger partial charge in [0.05, 0.1) is 12.2 Å². The molecule has 5 heteroatoms. The molecule has 1 N–H and O–H groups in total. The summed E-state index contributed by atoms with van der Waals surface area (Å²) in [5, 5.41) is 10.7. The van der Waals surface area contributed by atoms with E-state index in [2.05, 4.69) is 14.9 Å². The molecule has 20 heavy (non-hydrogen) atoms. The summed E-state index contributed by atoms with van der Waals surface area (Å²) in [5.74, 6) is 0.914. The van der Waals surface area contributed by atoms with Crippen LogP contribution in [-0.2, 0) is 4.74 Å². The molecule has 110 valence electrons. The van der Waals surface area contributed by atoms with E-state index >= 15 is 0 Å². The third kappa shape index (κ3) is 2.52. The van der Waals surface area contributed by atoms with Gasteiger partial charge in [-0.1, -0.05) is 0 Å². The van der Waals surface area contributed by atoms with Crippen molar-refractivity contribution in [3.05, 3.63) is 18.0 Å². The van der Waals surface area contributed by atoms with Gasteiger partial charge in [-0.25, -0.2) is 9.97 Å². The van der Waals surface area contributed by atoms with E-state index in [4.69, 9.17) is 4.74 Å². The average molecular weight is 277 g/mol. The minimum Gasteiger partial charge on any atom is -0.390 e. The summed E-state index contributed by atoms with van der Waals surface area (Å²) >= 11 is 0. The van der Waals surface area contributed by atoms with Crippen LogP contribution in [0.2, 0.25) is 0 Å². The maximum absolute atomic E-state index is 10.7. The lowest BCUT2D eigenvalue weighted by Crippen LogP contribution is -2.52. The van der Waals surface area contributed by atoms with Crippen molar-refractivity contribution in [2.45, 2.75) is 44.8 Å². The van der Waals surface area contributed by atoms with Crippen molar-refractivity contribution in [2.24, 2.45) is 5.92 Å². The molecule has 3 rings (SSSR count). The number of hydrogen-bond acceptors (Lipinski definition) is 5. The summed E-state index contributed by atoms with van der Waals surface area (Å²) in [7, 11) is 0. The van der Waals surface area contributed by atoms with Crippen LogP contribution >= 0.6 is 0 Å². The molecule has 2 aliphatic heterocycles. The van der Waals surface area contributed by atoms with E-state index < -0.39 is 5.60 Å². The van der Waals surface area contributed by atoms with E-state index in [1.54, 1.807) is 0 Å². The molecule has 1 aromatic rings. The predicted molar refractivity (Wildman–Crippen MR) is 76.7 cm³/mol. The van der Waals surface area contributed by atoms with Gasteiger partial charge in [0.1, 0.15) is 0 Å². The molecular weight excluding hydrogens is 254 g/mol. The van der Waals surface area contributed by atoms with Gasteiger partial charge >= 0.3 is 0 Å². The van der Waals surface area contributed by atoms with E-state index in [1.807, 2.05) is 26.1 Å². The lowest BCUT2D eigenvalue weighted by atomic mass is 9.79. The van der Waals surface area contributed by atoms with Crippen molar-refractivity contribution < 1.29 is 9.84 Å². The molecule has 5 nitrogen and oxygen atoms in total. The Balaban J connectivity index is 1.85. The first-order valence-corrected chi connectivity index (χ1v) is 7.44. The van der Waals surface area contributed by atoms with Gasteiger partial charge in [-0.3, -0.25) is 0 Å². The van der Waals surface area contributed by atoms with Crippen LogP contribution in [-0.4, -0.2) is 46.5 Å². The van der Waals surface area contributed by atoms with Crippen molar-refractivity contribution in [3.8, 4) is 0 Å². The van der Waals surface area contributed by atoms with Gasteiger partial charge in [-0.15, -0.1) is 0 Å². The first kappa shape index (κ1) is 13.8. The van der Waals surface area contributed by atoms with Crippen LogP contribution in [0.1, 0.15) is 31.9 Å². The predicted octanol–water partition coefficient (Wildman–Crippen LogP) is 1.54. The van der Waals surface area contributed by atoms with Crippen molar-refractivity contribution >= 4 is 5.95 Å². The van der Waals surface area contributed by atoms with Gasteiger partial charge in [-0.05, 0) is 39.2 Å². The Bertz CT molecular complexity index is 478. The zero-order valence-electron chi connectivity index (χ0n) is 12.2. The van der Waals surface area contributed by atoms with Crippen molar-refractivity contribution in [1.82, 2.24) is 9.97 Å². The molecule has 0 radical (unpaired) electrons. The van der Waals surface area contributed by atoms with Gasteiger partial charge in [0.25, 0.3) is 0 Å². The maximum Gasteiger partial charge on any atom is 0.225 e. The van der Waals surface area contributed by atoms with Crippen molar-refractivity contribution in [3.63, 3.8) is 0 Å². The number of hydrogen-bond donors (Lipinski definition) is 1. The number of aliphatic hydroxyl groups is 1. The second kappa shape index (κ2) is 5.30. The van der Waals surface area contributed by atoms with Crippen molar-refractivity contribution in [2.75, 3.05) is 24.7 Å². The number of rotatable bonds is 2. The molecule has 0 amide bonds. The number of aromatic nitrogens is 2. The van der Waals surface area contributed by atoms with Gasteiger partial charge in [0.15, 0.2) is 0 Å². The summed E-state index contributed by atoms with van der Waals surface area (Å²) in [6.07, 6.45) is 4.70. The molecule has 0 saturated carbocycles. The fourth-order valence-electron chi connectivity index (χ4n) is 3.41. The van der Waals surface area contributed by atoms with E-state index in [9.17, 15) is 5.11 Å². The Hall–Kier alpha value is -1.20. The van der Waals surface area contributed by atoms with Crippen LogP contribution in [0.4, 0.5) is 5.95 Å². The van der Waals surface area contributed by atoms with Crippen LogP contribution in [0.15, 0.2) is 12.3 Å². The number of nitrogens with zero attached hydrogens (tertiary/aromatic N) is 3. The Morgan fingerprint density at radius 2 is 2.35 bits per heavy atom. The highest BCUT2D eigenvalue weighted by molar-refractivity contribution is 5.34. The van der Waals surface area contributed by atoms with Crippen LogP contribution in [0.5, 0.6) is 0 Å². The summed E-state index contributed by atoms with van der Waals surface area (Å²) in [6, 6.07) is 2.18. The normalized spacial score (nSPS) is 34.5. The van der Waals surface area contributed by atoms with Gasteiger partial charge < -0.3 is 14.7 Å². The van der Waals surface area contributed by atoms with Crippen LogP contribution < -0.4 is 4.90 Å². The second-order valence-electron chi connectivity index (χ2n) is 6.19. The topological polar surface area (TPSA) is 58.5 Å². The molecule has 0 bridgehead atoms. The van der Waals surface area contributed by atoms with Crippen molar-refractivity contribution in [1.29, 1.82) is 0 Å². The Labute approximate surface area is 120 Å². The molecule has 2 fully saturated rings. The molecule has 3 heterocycles. The summed E-state index contributed by atoms with van der Waals surface area (Å²) in [6.45, 7) is 6.15. The van der Waals surface area contributed by atoms with Crippen LogP contribution in [0, 0.1) is 12.8 Å². The van der Waals surface area contributed by atoms with Gasteiger partial charge in [-0.2, -0.15) is 0 Å². The summed E-state index contributed by atoms with van der Waals surface area (Å²) in [4.78, 5) is 11.2. The molecule has 0 aromatic carbocycles. The molecule has 0 unspecified atom stereocenters. The fraction of sp³-hybridized carbons (Fsp3) is 0.733. The first-order valence-electron chi connectivity index (χ1n) is 7.44. The molecule has 0 spiro atoms.